The number of aromatic nitrogens is 1. The molecule has 1 aromatic rings. The van der Waals surface area contributed by atoms with Gasteiger partial charge in [0.05, 0.1) is 19.4 Å². The van der Waals surface area contributed by atoms with Crippen molar-refractivity contribution in [3.05, 3.63) is 23.4 Å². The molecule has 0 aromatic carbocycles. The van der Waals surface area contributed by atoms with E-state index in [2.05, 4.69) is 18.8 Å². The molecule has 3 nitrogen and oxygen atoms in total. The molecule has 1 heterocycles. The zero-order valence-corrected chi connectivity index (χ0v) is 8.24. The molecule has 0 atom stereocenters. The average Bonchev–Trinajstić information content (AvgIpc) is 2.16. The van der Waals surface area contributed by atoms with Gasteiger partial charge in [0, 0.05) is 5.56 Å². The van der Waals surface area contributed by atoms with Gasteiger partial charge < -0.3 is 9.84 Å². The van der Waals surface area contributed by atoms with Crippen LogP contribution in [-0.4, -0.2) is 17.2 Å². The van der Waals surface area contributed by atoms with E-state index in [-0.39, 0.29) is 6.61 Å². The third-order valence-corrected chi connectivity index (χ3v) is 1.92. The minimum atomic E-state index is -0.0469. The lowest BCUT2D eigenvalue weighted by molar-refractivity contribution is 0.274. The van der Waals surface area contributed by atoms with E-state index in [1.807, 2.05) is 12.1 Å². The summed E-state index contributed by atoms with van der Waals surface area (Å²) in [5, 5.41) is 8.87. The number of hydrogen-bond acceptors (Lipinski definition) is 3. The lowest BCUT2D eigenvalue weighted by atomic mass is 10.0. The number of rotatable bonds is 3. The SMILES string of the molecule is COc1nc(CO)ccc1C(C)C. The van der Waals surface area contributed by atoms with Gasteiger partial charge in [-0.1, -0.05) is 19.9 Å². The summed E-state index contributed by atoms with van der Waals surface area (Å²) >= 11 is 0. The molecule has 0 aliphatic carbocycles. The Labute approximate surface area is 78.4 Å². The van der Waals surface area contributed by atoms with Gasteiger partial charge in [-0.25, -0.2) is 4.98 Å². The molecule has 0 amide bonds. The first-order valence-electron chi connectivity index (χ1n) is 4.33. The standard InChI is InChI=1S/C10H15NO2/c1-7(2)9-5-4-8(6-12)11-10(9)13-3/h4-5,7,12H,6H2,1-3H3. The molecule has 0 aliphatic heterocycles. The van der Waals surface area contributed by atoms with E-state index in [0.29, 0.717) is 17.5 Å². The maximum Gasteiger partial charge on any atom is 0.216 e. The minimum absolute atomic E-state index is 0.0469. The van der Waals surface area contributed by atoms with Gasteiger partial charge in [0.15, 0.2) is 0 Å². The van der Waals surface area contributed by atoms with Gasteiger partial charge in [0.2, 0.25) is 5.88 Å². The van der Waals surface area contributed by atoms with Crippen molar-refractivity contribution in [1.82, 2.24) is 4.98 Å². The molecular formula is C10H15NO2. The van der Waals surface area contributed by atoms with Gasteiger partial charge in [-0.3, -0.25) is 0 Å². The van der Waals surface area contributed by atoms with Crippen molar-refractivity contribution in [2.45, 2.75) is 26.4 Å². The van der Waals surface area contributed by atoms with Gasteiger partial charge in [0.1, 0.15) is 0 Å². The molecule has 3 heteroatoms. The molecular weight excluding hydrogens is 166 g/mol. The quantitative estimate of drug-likeness (QED) is 0.771. The number of nitrogens with zero attached hydrogens (tertiary/aromatic N) is 1. The summed E-state index contributed by atoms with van der Waals surface area (Å²) in [5.74, 6) is 0.997. The Morgan fingerprint density at radius 2 is 2.15 bits per heavy atom. The number of ether oxygens (including phenoxy) is 1. The van der Waals surface area contributed by atoms with Crippen LogP contribution in [0.1, 0.15) is 31.0 Å². The Hall–Kier alpha value is -1.09. The molecule has 13 heavy (non-hydrogen) atoms. The van der Waals surface area contributed by atoms with E-state index < -0.39 is 0 Å². The summed E-state index contributed by atoms with van der Waals surface area (Å²) in [6.07, 6.45) is 0. The Balaban J connectivity index is 3.08. The summed E-state index contributed by atoms with van der Waals surface area (Å²) in [4.78, 5) is 4.16. The monoisotopic (exact) mass is 181 g/mol. The van der Waals surface area contributed by atoms with Crippen LogP contribution in [0.3, 0.4) is 0 Å². The van der Waals surface area contributed by atoms with E-state index >= 15 is 0 Å². The van der Waals surface area contributed by atoms with Crippen molar-refractivity contribution in [2.75, 3.05) is 7.11 Å². The summed E-state index contributed by atoms with van der Waals surface area (Å²) in [6, 6.07) is 3.76. The second kappa shape index (κ2) is 4.23. The Kier molecular flexibility index (Phi) is 3.25. The number of aliphatic hydroxyl groups is 1. The fourth-order valence-electron chi connectivity index (χ4n) is 1.18. The second-order valence-corrected chi connectivity index (χ2v) is 3.21. The Bertz CT molecular complexity index is 284. The van der Waals surface area contributed by atoms with Crippen molar-refractivity contribution >= 4 is 0 Å². The van der Waals surface area contributed by atoms with E-state index in [4.69, 9.17) is 9.84 Å². The first-order valence-corrected chi connectivity index (χ1v) is 4.33. The highest BCUT2D eigenvalue weighted by Gasteiger charge is 2.08. The fraction of sp³-hybridized carbons (Fsp3) is 0.500. The van der Waals surface area contributed by atoms with Crippen molar-refractivity contribution in [3.8, 4) is 5.88 Å². The molecule has 0 radical (unpaired) electrons. The normalized spacial score (nSPS) is 10.5. The zero-order chi connectivity index (χ0) is 9.84. The molecule has 0 saturated heterocycles. The predicted octanol–water partition coefficient (Wildman–Crippen LogP) is 1.71. The van der Waals surface area contributed by atoms with E-state index in [1.165, 1.54) is 0 Å². The molecule has 1 rings (SSSR count). The van der Waals surface area contributed by atoms with Gasteiger partial charge in [0.25, 0.3) is 0 Å². The number of pyridine rings is 1. The molecule has 0 bridgehead atoms. The van der Waals surface area contributed by atoms with E-state index in [0.717, 1.165) is 5.56 Å². The largest absolute Gasteiger partial charge is 0.481 e. The summed E-state index contributed by atoms with van der Waals surface area (Å²) < 4.78 is 5.13. The minimum Gasteiger partial charge on any atom is -0.481 e. The average molecular weight is 181 g/mol. The lowest BCUT2D eigenvalue weighted by Crippen LogP contribution is -1.99. The summed E-state index contributed by atoms with van der Waals surface area (Å²) in [7, 11) is 1.59. The number of aliphatic hydroxyl groups excluding tert-OH is 1. The fourth-order valence-corrected chi connectivity index (χ4v) is 1.18. The smallest absolute Gasteiger partial charge is 0.216 e. The van der Waals surface area contributed by atoms with Crippen molar-refractivity contribution in [2.24, 2.45) is 0 Å². The van der Waals surface area contributed by atoms with Crippen LogP contribution in [0.25, 0.3) is 0 Å². The van der Waals surface area contributed by atoms with Crippen LogP contribution in [-0.2, 0) is 6.61 Å². The molecule has 1 N–H and O–H groups in total. The first kappa shape index (κ1) is 9.99. The zero-order valence-electron chi connectivity index (χ0n) is 8.24. The Morgan fingerprint density at radius 1 is 1.46 bits per heavy atom. The highest BCUT2D eigenvalue weighted by molar-refractivity contribution is 5.30. The number of hydrogen-bond donors (Lipinski definition) is 1. The van der Waals surface area contributed by atoms with Crippen LogP contribution in [0.4, 0.5) is 0 Å². The maximum atomic E-state index is 8.87. The molecule has 72 valence electrons. The van der Waals surface area contributed by atoms with Crippen molar-refractivity contribution < 1.29 is 9.84 Å². The van der Waals surface area contributed by atoms with Crippen molar-refractivity contribution in [3.63, 3.8) is 0 Å². The van der Waals surface area contributed by atoms with Gasteiger partial charge in [-0.2, -0.15) is 0 Å². The van der Waals surface area contributed by atoms with Gasteiger partial charge in [-0.15, -0.1) is 0 Å². The van der Waals surface area contributed by atoms with Crippen molar-refractivity contribution in [1.29, 1.82) is 0 Å². The van der Waals surface area contributed by atoms with Gasteiger partial charge in [-0.05, 0) is 12.0 Å². The topological polar surface area (TPSA) is 42.4 Å². The van der Waals surface area contributed by atoms with Crippen LogP contribution in [0.5, 0.6) is 5.88 Å². The van der Waals surface area contributed by atoms with Crippen LogP contribution in [0, 0.1) is 0 Å². The molecule has 1 aromatic heterocycles. The Morgan fingerprint density at radius 3 is 2.62 bits per heavy atom. The van der Waals surface area contributed by atoms with Crippen LogP contribution >= 0.6 is 0 Å². The highest BCUT2D eigenvalue weighted by Crippen LogP contribution is 2.24. The van der Waals surface area contributed by atoms with Gasteiger partial charge >= 0.3 is 0 Å². The summed E-state index contributed by atoms with van der Waals surface area (Å²) in [5.41, 5.74) is 1.71. The highest BCUT2D eigenvalue weighted by atomic mass is 16.5. The van der Waals surface area contributed by atoms with E-state index in [1.54, 1.807) is 7.11 Å². The third-order valence-electron chi connectivity index (χ3n) is 1.92. The first-order chi connectivity index (χ1) is 6.19. The molecule has 0 fully saturated rings. The molecule has 0 saturated carbocycles. The third kappa shape index (κ3) is 2.18. The predicted molar refractivity (Wildman–Crippen MR) is 50.8 cm³/mol. The van der Waals surface area contributed by atoms with Crippen LogP contribution in [0.2, 0.25) is 0 Å². The van der Waals surface area contributed by atoms with Crippen LogP contribution < -0.4 is 4.74 Å². The lowest BCUT2D eigenvalue weighted by Gasteiger charge is -2.10. The second-order valence-electron chi connectivity index (χ2n) is 3.21. The molecule has 0 aliphatic rings. The molecule has 0 spiro atoms. The maximum absolute atomic E-state index is 8.87. The van der Waals surface area contributed by atoms with E-state index in [9.17, 15) is 0 Å². The van der Waals surface area contributed by atoms with Crippen LogP contribution in [0.15, 0.2) is 12.1 Å². The number of methoxy groups -OCH3 is 1. The molecule has 0 unspecified atom stereocenters. The summed E-state index contributed by atoms with van der Waals surface area (Å²) in [6.45, 7) is 4.12.